The number of hydrogen-bond donors (Lipinski definition) is 1. The van der Waals surface area contributed by atoms with E-state index in [0.29, 0.717) is 19.8 Å². The van der Waals surface area contributed by atoms with Gasteiger partial charge in [0, 0.05) is 11.9 Å². The minimum absolute atomic E-state index is 0.156. The van der Waals surface area contributed by atoms with E-state index in [1.165, 1.54) is 10.3 Å². The summed E-state index contributed by atoms with van der Waals surface area (Å²) >= 11 is 1.07. The summed E-state index contributed by atoms with van der Waals surface area (Å²) in [6, 6.07) is -0.371. The van der Waals surface area contributed by atoms with Gasteiger partial charge in [-0.2, -0.15) is 0 Å². The molecular formula is C12H16N2O5S. The number of ether oxygens (including phenoxy) is 2. The van der Waals surface area contributed by atoms with Gasteiger partial charge in [-0.15, -0.1) is 11.3 Å². The molecule has 1 aliphatic rings. The van der Waals surface area contributed by atoms with Crippen LogP contribution in [0.15, 0.2) is 5.38 Å². The van der Waals surface area contributed by atoms with Gasteiger partial charge >= 0.3 is 5.97 Å². The Morgan fingerprint density at radius 1 is 1.65 bits per heavy atom. The van der Waals surface area contributed by atoms with E-state index in [-0.39, 0.29) is 35.9 Å². The summed E-state index contributed by atoms with van der Waals surface area (Å²) in [6.07, 6.45) is 0. The molecule has 1 aromatic rings. The Bertz CT molecular complexity index is 490. The van der Waals surface area contributed by atoms with Gasteiger partial charge in [-0.25, -0.2) is 9.78 Å². The summed E-state index contributed by atoms with van der Waals surface area (Å²) in [7, 11) is 0. The van der Waals surface area contributed by atoms with Crippen molar-refractivity contribution in [1.82, 2.24) is 9.88 Å². The van der Waals surface area contributed by atoms with E-state index in [0.717, 1.165) is 11.3 Å². The molecule has 0 bridgehead atoms. The van der Waals surface area contributed by atoms with E-state index >= 15 is 0 Å². The van der Waals surface area contributed by atoms with E-state index in [4.69, 9.17) is 9.47 Å². The summed E-state index contributed by atoms with van der Waals surface area (Å²) in [6.45, 7) is 2.93. The standard InChI is InChI=1S/C12H16N2O5S/c1-2-19-12(17)10-13-9(7-20-10)11(16)14-3-4-18-6-8(14)5-15/h7-8,15H,2-6H2,1H3. The van der Waals surface area contributed by atoms with Crippen molar-refractivity contribution in [2.75, 3.05) is 33.0 Å². The highest BCUT2D eigenvalue weighted by molar-refractivity contribution is 7.11. The fraction of sp³-hybridized carbons (Fsp3) is 0.583. The van der Waals surface area contributed by atoms with Gasteiger partial charge in [0.25, 0.3) is 5.91 Å². The summed E-state index contributed by atoms with van der Waals surface area (Å²) in [4.78, 5) is 29.4. The van der Waals surface area contributed by atoms with Gasteiger partial charge in [0.05, 0.1) is 32.5 Å². The van der Waals surface area contributed by atoms with Crippen LogP contribution >= 0.6 is 11.3 Å². The van der Waals surface area contributed by atoms with Gasteiger partial charge in [0.1, 0.15) is 5.69 Å². The fourth-order valence-corrected chi connectivity index (χ4v) is 2.56. The highest BCUT2D eigenvalue weighted by Crippen LogP contribution is 2.16. The SMILES string of the molecule is CCOC(=O)c1nc(C(=O)N2CCOCC2CO)cs1. The Kier molecular flexibility index (Phi) is 5.05. The molecular weight excluding hydrogens is 284 g/mol. The van der Waals surface area contributed by atoms with Gasteiger partial charge < -0.3 is 19.5 Å². The maximum atomic E-state index is 12.3. The molecule has 0 spiro atoms. The highest BCUT2D eigenvalue weighted by Gasteiger charge is 2.29. The number of morpholine rings is 1. The number of carbonyl (C=O) groups is 2. The van der Waals surface area contributed by atoms with Crippen molar-refractivity contribution in [3.8, 4) is 0 Å². The predicted octanol–water partition coefficient (Wildman–Crippen LogP) is 0.153. The van der Waals surface area contributed by atoms with Gasteiger partial charge in [-0.3, -0.25) is 4.79 Å². The first-order valence-corrected chi connectivity index (χ1v) is 7.17. The molecule has 2 rings (SSSR count). The molecule has 1 unspecified atom stereocenters. The third kappa shape index (κ3) is 3.14. The molecule has 20 heavy (non-hydrogen) atoms. The Labute approximate surface area is 120 Å². The van der Waals surface area contributed by atoms with Gasteiger partial charge in [-0.05, 0) is 6.92 Å². The maximum Gasteiger partial charge on any atom is 0.367 e. The van der Waals surface area contributed by atoms with Crippen molar-refractivity contribution in [1.29, 1.82) is 0 Å². The Morgan fingerprint density at radius 3 is 3.15 bits per heavy atom. The molecule has 1 saturated heterocycles. The van der Waals surface area contributed by atoms with Crippen LogP contribution in [0.2, 0.25) is 0 Å². The predicted molar refractivity (Wildman–Crippen MR) is 70.8 cm³/mol. The highest BCUT2D eigenvalue weighted by atomic mass is 32.1. The molecule has 110 valence electrons. The van der Waals surface area contributed by atoms with Gasteiger partial charge in [-0.1, -0.05) is 0 Å². The molecule has 7 nitrogen and oxygen atoms in total. The van der Waals surface area contributed by atoms with E-state index in [1.807, 2.05) is 0 Å². The Balaban J connectivity index is 2.10. The molecule has 1 fully saturated rings. The van der Waals surface area contributed by atoms with Gasteiger partial charge in [0.2, 0.25) is 5.01 Å². The maximum absolute atomic E-state index is 12.3. The first-order chi connectivity index (χ1) is 9.67. The number of carbonyl (C=O) groups excluding carboxylic acids is 2. The average molecular weight is 300 g/mol. The molecule has 8 heteroatoms. The second-order valence-electron chi connectivity index (χ2n) is 4.17. The van der Waals surface area contributed by atoms with Crippen LogP contribution in [0.3, 0.4) is 0 Å². The zero-order valence-corrected chi connectivity index (χ0v) is 11.9. The third-order valence-electron chi connectivity index (χ3n) is 2.87. The number of thiazole rings is 1. The van der Waals surface area contributed by atoms with Crippen LogP contribution in [-0.4, -0.2) is 65.9 Å². The third-order valence-corrected chi connectivity index (χ3v) is 3.69. The Hall–Kier alpha value is -1.51. The van der Waals surface area contributed by atoms with E-state index in [1.54, 1.807) is 6.92 Å². The summed E-state index contributed by atoms with van der Waals surface area (Å²) in [5.41, 5.74) is 0.193. The molecule has 1 aromatic heterocycles. The first kappa shape index (κ1) is 14.9. The van der Waals surface area contributed by atoms with Crippen LogP contribution in [0, 0.1) is 0 Å². The summed E-state index contributed by atoms with van der Waals surface area (Å²) < 4.78 is 10.1. The lowest BCUT2D eigenvalue weighted by molar-refractivity contribution is -0.0186. The van der Waals surface area contributed by atoms with Crippen molar-refractivity contribution in [3.63, 3.8) is 0 Å². The number of amides is 1. The van der Waals surface area contributed by atoms with E-state index < -0.39 is 5.97 Å². The normalized spacial score (nSPS) is 18.9. The van der Waals surface area contributed by atoms with Crippen molar-refractivity contribution in [3.05, 3.63) is 16.1 Å². The second-order valence-corrected chi connectivity index (χ2v) is 5.03. The molecule has 1 amide bonds. The minimum Gasteiger partial charge on any atom is -0.461 e. The lowest BCUT2D eigenvalue weighted by Gasteiger charge is -2.33. The van der Waals surface area contributed by atoms with Crippen molar-refractivity contribution in [2.45, 2.75) is 13.0 Å². The number of hydrogen-bond acceptors (Lipinski definition) is 7. The number of aliphatic hydroxyl groups excluding tert-OH is 1. The number of nitrogens with zero attached hydrogens (tertiary/aromatic N) is 2. The van der Waals surface area contributed by atoms with E-state index in [2.05, 4.69) is 4.98 Å². The van der Waals surface area contributed by atoms with Crippen LogP contribution in [0.5, 0.6) is 0 Å². The summed E-state index contributed by atoms with van der Waals surface area (Å²) in [5, 5.41) is 10.9. The topological polar surface area (TPSA) is 89.0 Å². The average Bonchev–Trinajstić information content (AvgIpc) is 2.96. The van der Waals surface area contributed by atoms with Gasteiger partial charge in [0.15, 0.2) is 0 Å². The van der Waals surface area contributed by atoms with Crippen LogP contribution in [-0.2, 0) is 9.47 Å². The van der Waals surface area contributed by atoms with Crippen LogP contribution in [0.1, 0.15) is 27.2 Å². The molecule has 0 saturated carbocycles. The molecule has 0 radical (unpaired) electrons. The second kappa shape index (κ2) is 6.78. The van der Waals surface area contributed by atoms with Crippen LogP contribution in [0.4, 0.5) is 0 Å². The number of esters is 1. The van der Waals surface area contributed by atoms with Crippen LogP contribution < -0.4 is 0 Å². The quantitative estimate of drug-likeness (QED) is 0.796. The van der Waals surface area contributed by atoms with Crippen molar-refractivity contribution < 1.29 is 24.2 Å². The lowest BCUT2D eigenvalue weighted by atomic mass is 10.2. The lowest BCUT2D eigenvalue weighted by Crippen LogP contribution is -2.50. The molecule has 1 aliphatic heterocycles. The van der Waals surface area contributed by atoms with Crippen molar-refractivity contribution in [2.24, 2.45) is 0 Å². The zero-order valence-electron chi connectivity index (χ0n) is 11.1. The molecule has 0 aliphatic carbocycles. The Morgan fingerprint density at radius 2 is 2.45 bits per heavy atom. The molecule has 2 heterocycles. The number of rotatable bonds is 4. The number of aliphatic hydroxyl groups is 1. The smallest absolute Gasteiger partial charge is 0.367 e. The largest absolute Gasteiger partial charge is 0.461 e. The monoisotopic (exact) mass is 300 g/mol. The van der Waals surface area contributed by atoms with Crippen LogP contribution in [0.25, 0.3) is 0 Å². The number of aromatic nitrogens is 1. The molecule has 0 aromatic carbocycles. The minimum atomic E-state index is -0.530. The van der Waals surface area contributed by atoms with Crippen molar-refractivity contribution >= 4 is 23.2 Å². The van der Waals surface area contributed by atoms with E-state index in [9.17, 15) is 14.7 Å². The zero-order chi connectivity index (χ0) is 14.5. The fourth-order valence-electron chi connectivity index (χ4n) is 1.88. The summed E-state index contributed by atoms with van der Waals surface area (Å²) in [5.74, 6) is -0.837. The molecule has 1 N–H and O–H groups in total. The first-order valence-electron chi connectivity index (χ1n) is 6.29. The molecule has 1 atom stereocenters.